The summed E-state index contributed by atoms with van der Waals surface area (Å²) < 4.78 is 5.59. The monoisotopic (exact) mass is 342 g/mol. The molecule has 2 aromatic rings. The van der Waals surface area contributed by atoms with E-state index in [2.05, 4.69) is 10.3 Å². The molecular formula is C19H22N2O4. The zero-order valence-electron chi connectivity index (χ0n) is 14.3. The Morgan fingerprint density at radius 3 is 2.56 bits per heavy atom. The normalized spacial score (nSPS) is 11.8. The van der Waals surface area contributed by atoms with Crippen LogP contribution in [-0.4, -0.2) is 28.0 Å². The van der Waals surface area contributed by atoms with Gasteiger partial charge in [-0.15, -0.1) is 0 Å². The summed E-state index contributed by atoms with van der Waals surface area (Å²) in [4.78, 5) is 27.7. The summed E-state index contributed by atoms with van der Waals surface area (Å²) in [7, 11) is 0. The maximum atomic E-state index is 12.3. The number of aromatic nitrogens is 1. The minimum atomic E-state index is -1.04. The van der Waals surface area contributed by atoms with Crippen molar-refractivity contribution >= 4 is 11.9 Å². The molecule has 132 valence electrons. The molecule has 0 saturated heterocycles. The quantitative estimate of drug-likeness (QED) is 0.770. The van der Waals surface area contributed by atoms with E-state index < -0.39 is 17.9 Å². The fourth-order valence-corrected chi connectivity index (χ4v) is 2.30. The molecule has 0 aliphatic rings. The van der Waals surface area contributed by atoms with Crippen LogP contribution in [0.25, 0.3) is 0 Å². The summed E-state index contributed by atoms with van der Waals surface area (Å²) in [5, 5.41) is 11.8. The number of rotatable bonds is 8. The Labute approximate surface area is 146 Å². The van der Waals surface area contributed by atoms with E-state index in [4.69, 9.17) is 4.74 Å². The van der Waals surface area contributed by atoms with Gasteiger partial charge in [-0.05, 0) is 24.0 Å². The molecule has 0 fully saturated rings. The first kappa shape index (κ1) is 18.4. The molecule has 1 atom stereocenters. The summed E-state index contributed by atoms with van der Waals surface area (Å²) >= 11 is 0. The minimum absolute atomic E-state index is 0.156. The predicted octanol–water partition coefficient (Wildman–Crippen LogP) is 2.89. The Morgan fingerprint density at radius 2 is 1.92 bits per heavy atom. The van der Waals surface area contributed by atoms with Crippen LogP contribution < -0.4 is 10.1 Å². The fourth-order valence-electron chi connectivity index (χ4n) is 2.30. The van der Waals surface area contributed by atoms with Gasteiger partial charge in [-0.3, -0.25) is 4.79 Å². The van der Waals surface area contributed by atoms with Gasteiger partial charge in [0, 0.05) is 17.8 Å². The van der Waals surface area contributed by atoms with Gasteiger partial charge in [-0.1, -0.05) is 44.2 Å². The number of aliphatic carboxylic acids is 1. The first-order chi connectivity index (χ1) is 12.0. The largest absolute Gasteiger partial charge is 0.480 e. The molecule has 0 unspecified atom stereocenters. The van der Waals surface area contributed by atoms with Gasteiger partial charge in [-0.25, -0.2) is 9.78 Å². The number of nitrogens with zero attached hydrogens (tertiary/aromatic N) is 1. The van der Waals surface area contributed by atoms with Crippen LogP contribution in [0.1, 0.15) is 36.2 Å². The van der Waals surface area contributed by atoms with Crippen LogP contribution in [-0.2, 0) is 11.4 Å². The molecule has 6 nitrogen and oxygen atoms in total. The zero-order valence-corrected chi connectivity index (χ0v) is 14.3. The topological polar surface area (TPSA) is 88.5 Å². The highest BCUT2D eigenvalue weighted by atomic mass is 16.5. The molecule has 0 aliphatic carbocycles. The number of ether oxygens (including phenoxy) is 1. The van der Waals surface area contributed by atoms with Crippen LogP contribution in [0.2, 0.25) is 0 Å². The molecule has 1 heterocycles. The Morgan fingerprint density at radius 1 is 1.20 bits per heavy atom. The number of amides is 1. The fraction of sp³-hybridized carbons (Fsp3) is 0.316. The molecule has 0 spiro atoms. The summed E-state index contributed by atoms with van der Waals surface area (Å²) in [6.07, 6.45) is 1.83. The van der Waals surface area contributed by atoms with Crippen LogP contribution in [0.4, 0.5) is 0 Å². The number of hydrogen-bond donors (Lipinski definition) is 2. The van der Waals surface area contributed by atoms with Crippen LogP contribution >= 0.6 is 0 Å². The van der Waals surface area contributed by atoms with Crippen molar-refractivity contribution in [2.24, 2.45) is 5.92 Å². The predicted molar refractivity (Wildman–Crippen MR) is 93.4 cm³/mol. The molecule has 1 aromatic heterocycles. The molecule has 0 saturated carbocycles. The number of carbonyl (C=O) groups is 2. The van der Waals surface area contributed by atoms with Crippen molar-refractivity contribution in [2.75, 3.05) is 0 Å². The van der Waals surface area contributed by atoms with E-state index in [1.165, 1.54) is 18.3 Å². The number of carboxylic acids is 1. The molecule has 0 bridgehead atoms. The number of nitrogens with one attached hydrogen (secondary N) is 1. The van der Waals surface area contributed by atoms with Crippen LogP contribution in [0.3, 0.4) is 0 Å². The number of benzene rings is 1. The van der Waals surface area contributed by atoms with Crippen molar-refractivity contribution in [3.05, 3.63) is 59.8 Å². The second-order valence-corrected chi connectivity index (χ2v) is 6.15. The van der Waals surface area contributed by atoms with Crippen molar-refractivity contribution in [2.45, 2.75) is 32.9 Å². The molecule has 1 aromatic carbocycles. The van der Waals surface area contributed by atoms with Crippen LogP contribution in [0.15, 0.2) is 48.7 Å². The average Bonchev–Trinajstić information content (AvgIpc) is 2.60. The first-order valence-corrected chi connectivity index (χ1v) is 8.12. The van der Waals surface area contributed by atoms with E-state index in [9.17, 15) is 14.7 Å². The van der Waals surface area contributed by atoms with Crippen LogP contribution in [0.5, 0.6) is 5.88 Å². The SMILES string of the molecule is CC(C)C[C@@H](NC(=O)c1ccnc(OCc2ccccc2)c1)C(=O)O. The van der Waals surface area contributed by atoms with E-state index in [1.807, 2.05) is 44.2 Å². The maximum absolute atomic E-state index is 12.3. The lowest BCUT2D eigenvalue weighted by Crippen LogP contribution is -2.41. The highest BCUT2D eigenvalue weighted by Crippen LogP contribution is 2.13. The lowest BCUT2D eigenvalue weighted by molar-refractivity contribution is -0.139. The van der Waals surface area contributed by atoms with Gasteiger partial charge >= 0.3 is 5.97 Å². The third kappa shape index (κ3) is 5.91. The van der Waals surface area contributed by atoms with E-state index >= 15 is 0 Å². The number of carbonyl (C=O) groups excluding carboxylic acids is 1. The number of carboxylic acid groups (broad SMARTS) is 1. The molecule has 2 rings (SSSR count). The average molecular weight is 342 g/mol. The lowest BCUT2D eigenvalue weighted by Gasteiger charge is -2.16. The van der Waals surface area contributed by atoms with Gasteiger partial charge in [0.15, 0.2) is 0 Å². The first-order valence-electron chi connectivity index (χ1n) is 8.12. The Kier molecular flexibility index (Phi) is 6.51. The van der Waals surface area contributed by atoms with Gasteiger partial charge in [-0.2, -0.15) is 0 Å². The zero-order chi connectivity index (χ0) is 18.2. The van der Waals surface area contributed by atoms with Crippen molar-refractivity contribution < 1.29 is 19.4 Å². The summed E-state index contributed by atoms with van der Waals surface area (Å²) in [5.74, 6) is -1.03. The maximum Gasteiger partial charge on any atom is 0.326 e. The van der Waals surface area contributed by atoms with Gasteiger partial charge in [0.05, 0.1) is 0 Å². The van der Waals surface area contributed by atoms with E-state index in [-0.39, 0.29) is 5.92 Å². The summed E-state index contributed by atoms with van der Waals surface area (Å²) in [6.45, 7) is 4.15. The van der Waals surface area contributed by atoms with Gasteiger partial charge in [0.2, 0.25) is 5.88 Å². The molecule has 6 heteroatoms. The molecule has 25 heavy (non-hydrogen) atoms. The van der Waals surface area contributed by atoms with Gasteiger partial charge in [0.1, 0.15) is 12.6 Å². The lowest BCUT2D eigenvalue weighted by atomic mass is 10.0. The standard InChI is InChI=1S/C19H22N2O4/c1-13(2)10-16(19(23)24)21-18(22)15-8-9-20-17(11-15)25-12-14-6-4-3-5-7-14/h3-9,11,13,16H,10,12H2,1-2H3,(H,21,22)(H,23,24)/t16-/m1/s1. The molecule has 2 N–H and O–H groups in total. The Hall–Kier alpha value is -2.89. The van der Waals surface area contributed by atoms with E-state index in [0.717, 1.165) is 5.56 Å². The number of hydrogen-bond acceptors (Lipinski definition) is 4. The second kappa shape index (κ2) is 8.82. The van der Waals surface area contributed by atoms with E-state index in [0.29, 0.717) is 24.5 Å². The van der Waals surface area contributed by atoms with Crippen molar-refractivity contribution in [1.29, 1.82) is 0 Å². The molecule has 1 amide bonds. The molecule has 0 radical (unpaired) electrons. The highest BCUT2D eigenvalue weighted by molar-refractivity contribution is 5.96. The van der Waals surface area contributed by atoms with E-state index in [1.54, 1.807) is 0 Å². The third-order valence-corrected chi connectivity index (χ3v) is 3.54. The Bertz CT molecular complexity index is 716. The third-order valence-electron chi connectivity index (χ3n) is 3.54. The molecular weight excluding hydrogens is 320 g/mol. The van der Waals surface area contributed by atoms with Gasteiger partial charge in [0.25, 0.3) is 5.91 Å². The van der Waals surface area contributed by atoms with Gasteiger partial charge < -0.3 is 15.2 Å². The minimum Gasteiger partial charge on any atom is -0.480 e. The van der Waals surface area contributed by atoms with Crippen LogP contribution in [0, 0.1) is 5.92 Å². The smallest absolute Gasteiger partial charge is 0.326 e. The summed E-state index contributed by atoms with van der Waals surface area (Å²) in [6, 6.07) is 11.7. The summed E-state index contributed by atoms with van der Waals surface area (Å²) in [5.41, 5.74) is 1.30. The van der Waals surface area contributed by atoms with Crippen molar-refractivity contribution in [3.63, 3.8) is 0 Å². The molecule has 0 aliphatic heterocycles. The Balaban J connectivity index is 2.01. The second-order valence-electron chi connectivity index (χ2n) is 6.15. The van der Waals surface area contributed by atoms with Crippen molar-refractivity contribution in [3.8, 4) is 5.88 Å². The number of pyridine rings is 1. The van der Waals surface area contributed by atoms with Crippen molar-refractivity contribution in [1.82, 2.24) is 10.3 Å². The highest BCUT2D eigenvalue weighted by Gasteiger charge is 2.22.